The Hall–Kier alpha value is -1.39. The molecular formula is C14H19NO3. The smallest absolute Gasteiger partial charge is 0.336 e. The number of hydrogen-bond acceptors (Lipinski definition) is 3. The Bertz CT molecular complexity index is 411. The minimum absolute atomic E-state index is 0.263. The molecule has 4 heteroatoms. The molecule has 0 atom stereocenters. The Labute approximate surface area is 107 Å². The molecule has 0 spiro atoms. The maximum Gasteiger partial charge on any atom is 0.336 e. The highest BCUT2D eigenvalue weighted by molar-refractivity contribution is 5.89. The van der Waals surface area contributed by atoms with Crippen LogP contribution in [-0.2, 0) is 6.54 Å². The number of aliphatic hydroxyl groups excluding tert-OH is 1. The van der Waals surface area contributed by atoms with Gasteiger partial charge in [-0.1, -0.05) is 18.2 Å². The second-order valence-corrected chi connectivity index (χ2v) is 4.86. The van der Waals surface area contributed by atoms with Crippen LogP contribution in [0.3, 0.4) is 0 Å². The van der Waals surface area contributed by atoms with Crippen LogP contribution in [-0.4, -0.2) is 40.8 Å². The monoisotopic (exact) mass is 249 g/mol. The first kappa shape index (κ1) is 13.1. The lowest BCUT2D eigenvalue weighted by Crippen LogP contribution is -2.34. The van der Waals surface area contributed by atoms with E-state index in [4.69, 9.17) is 10.2 Å². The fourth-order valence-corrected chi connectivity index (χ4v) is 2.43. The van der Waals surface area contributed by atoms with Crippen molar-refractivity contribution in [3.63, 3.8) is 0 Å². The van der Waals surface area contributed by atoms with Crippen molar-refractivity contribution in [2.24, 2.45) is 5.92 Å². The number of benzene rings is 1. The van der Waals surface area contributed by atoms with Crippen molar-refractivity contribution in [2.75, 3.05) is 19.7 Å². The van der Waals surface area contributed by atoms with Gasteiger partial charge in [-0.2, -0.15) is 0 Å². The van der Waals surface area contributed by atoms with E-state index < -0.39 is 5.97 Å². The number of aromatic carboxylic acids is 1. The second kappa shape index (κ2) is 5.98. The summed E-state index contributed by atoms with van der Waals surface area (Å²) in [6.45, 7) is 2.80. The first-order chi connectivity index (χ1) is 8.70. The van der Waals surface area contributed by atoms with Crippen molar-refractivity contribution in [2.45, 2.75) is 19.4 Å². The number of likely N-dealkylation sites (tertiary alicyclic amines) is 1. The van der Waals surface area contributed by atoms with Crippen LogP contribution >= 0.6 is 0 Å². The topological polar surface area (TPSA) is 60.8 Å². The number of aliphatic hydroxyl groups is 1. The van der Waals surface area contributed by atoms with Gasteiger partial charge in [0.15, 0.2) is 0 Å². The van der Waals surface area contributed by atoms with Gasteiger partial charge in [0.05, 0.1) is 5.56 Å². The first-order valence-corrected chi connectivity index (χ1v) is 6.35. The molecule has 1 heterocycles. The molecular weight excluding hydrogens is 230 g/mol. The highest BCUT2D eigenvalue weighted by Crippen LogP contribution is 2.19. The molecule has 18 heavy (non-hydrogen) atoms. The number of hydrogen-bond donors (Lipinski definition) is 2. The van der Waals surface area contributed by atoms with Crippen molar-refractivity contribution in [3.05, 3.63) is 35.4 Å². The van der Waals surface area contributed by atoms with Crippen molar-refractivity contribution in [1.29, 1.82) is 0 Å². The highest BCUT2D eigenvalue weighted by atomic mass is 16.4. The molecule has 0 bridgehead atoms. The summed E-state index contributed by atoms with van der Waals surface area (Å²) in [5.74, 6) is -0.452. The van der Waals surface area contributed by atoms with E-state index in [9.17, 15) is 4.79 Å². The quantitative estimate of drug-likeness (QED) is 0.850. The molecule has 1 fully saturated rings. The third kappa shape index (κ3) is 3.09. The van der Waals surface area contributed by atoms with Gasteiger partial charge < -0.3 is 10.2 Å². The summed E-state index contributed by atoms with van der Waals surface area (Å²) >= 11 is 0. The Morgan fingerprint density at radius 3 is 2.56 bits per heavy atom. The second-order valence-electron chi connectivity index (χ2n) is 4.86. The van der Waals surface area contributed by atoms with Crippen LogP contribution in [0, 0.1) is 5.92 Å². The van der Waals surface area contributed by atoms with Gasteiger partial charge in [0.1, 0.15) is 0 Å². The van der Waals surface area contributed by atoms with Gasteiger partial charge in [0.25, 0.3) is 0 Å². The molecule has 2 N–H and O–H groups in total. The lowest BCUT2D eigenvalue weighted by Gasteiger charge is -2.31. The number of carboxylic acid groups (broad SMARTS) is 1. The average molecular weight is 249 g/mol. The van der Waals surface area contributed by atoms with E-state index in [0.717, 1.165) is 31.5 Å². The number of nitrogens with zero attached hydrogens (tertiary/aromatic N) is 1. The molecule has 0 radical (unpaired) electrons. The molecule has 98 valence electrons. The Balaban J connectivity index is 2.00. The van der Waals surface area contributed by atoms with Crippen molar-refractivity contribution in [3.8, 4) is 0 Å². The summed E-state index contributed by atoms with van der Waals surface area (Å²) in [6, 6.07) is 7.16. The molecule has 1 aliphatic rings. The van der Waals surface area contributed by atoms with Crippen LogP contribution in [0.2, 0.25) is 0 Å². The molecule has 0 saturated carbocycles. The maximum absolute atomic E-state index is 11.1. The Morgan fingerprint density at radius 2 is 1.94 bits per heavy atom. The molecule has 0 aromatic heterocycles. The van der Waals surface area contributed by atoms with Crippen LogP contribution in [0.1, 0.15) is 28.8 Å². The number of carbonyl (C=O) groups is 1. The van der Waals surface area contributed by atoms with Gasteiger partial charge >= 0.3 is 5.97 Å². The van der Waals surface area contributed by atoms with E-state index in [0.29, 0.717) is 18.0 Å². The summed E-state index contributed by atoms with van der Waals surface area (Å²) in [5, 5.41) is 18.2. The Morgan fingerprint density at radius 1 is 1.28 bits per heavy atom. The summed E-state index contributed by atoms with van der Waals surface area (Å²) in [7, 11) is 0. The largest absolute Gasteiger partial charge is 0.478 e. The minimum atomic E-state index is -0.865. The predicted molar refractivity (Wildman–Crippen MR) is 68.5 cm³/mol. The van der Waals surface area contributed by atoms with E-state index in [1.165, 1.54) is 0 Å². The van der Waals surface area contributed by atoms with E-state index in [1.807, 2.05) is 12.1 Å². The minimum Gasteiger partial charge on any atom is -0.478 e. The highest BCUT2D eigenvalue weighted by Gasteiger charge is 2.19. The molecule has 0 amide bonds. The lowest BCUT2D eigenvalue weighted by molar-refractivity contribution is 0.0693. The summed E-state index contributed by atoms with van der Waals surface area (Å²) in [4.78, 5) is 13.4. The molecule has 2 rings (SSSR count). The van der Waals surface area contributed by atoms with Gasteiger partial charge in [-0.05, 0) is 43.5 Å². The molecule has 0 aliphatic carbocycles. The zero-order valence-electron chi connectivity index (χ0n) is 10.4. The molecule has 1 aromatic rings. The first-order valence-electron chi connectivity index (χ1n) is 6.35. The van der Waals surface area contributed by atoms with Gasteiger partial charge in [-0.15, -0.1) is 0 Å². The molecule has 4 nitrogen and oxygen atoms in total. The SMILES string of the molecule is O=C(O)c1ccccc1CN1CCC(CO)CC1. The van der Waals surface area contributed by atoms with Crippen LogP contribution in [0.25, 0.3) is 0 Å². The van der Waals surface area contributed by atoms with E-state index >= 15 is 0 Å². The van der Waals surface area contributed by atoms with Crippen LogP contribution in [0.4, 0.5) is 0 Å². The molecule has 1 aromatic carbocycles. The van der Waals surface area contributed by atoms with E-state index in [2.05, 4.69) is 4.90 Å². The average Bonchev–Trinajstić information content (AvgIpc) is 2.40. The van der Waals surface area contributed by atoms with Gasteiger partial charge in [0, 0.05) is 13.2 Å². The number of piperidine rings is 1. The third-order valence-electron chi connectivity index (χ3n) is 3.61. The lowest BCUT2D eigenvalue weighted by atomic mass is 9.97. The maximum atomic E-state index is 11.1. The molecule has 1 aliphatic heterocycles. The third-order valence-corrected chi connectivity index (χ3v) is 3.61. The molecule has 1 saturated heterocycles. The van der Waals surface area contributed by atoms with Crippen LogP contribution in [0.15, 0.2) is 24.3 Å². The van der Waals surface area contributed by atoms with Crippen LogP contribution < -0.4 is 0 Å². The predicted octanol–water partition coefficient (Wildman–Crippen LogP) is 1.59. The van der Waals surface area contributed by atoms with Gasteiger partial charge in [-0.3, -0.25) is 4.90 Å². The van der Waals surface area contributed by atoms with E-state index in [1.54, 1.807) is 12.1 Å². The normalized spacial score (nSPS) is 17.8. The number of rotatable bonds is 4. The number of carboxylic acids is 1. The van der Waals surface area contributed by atoms with Crippen molar-refractivity contribution >= 4 is 5.97 Å². The van der Waals surface area contributed by atoms with Crippen molar-refractivity contribution < 1.29 is 15.0 Å². The molecule has 0 unspecified atom stereocenters. The Kier molecular flexibility index (Phi) is 4.33. The van der Waals surface area contributed by atoms with Gasteiger partial charge in [0.2, 0.25) is 0 Å². The summed E-state index contributed by atoms with van der Waals surface area (Å²) in [6.07, 6.45) is 1.98. The zero-order valence-corrected chi connectivity index (χ0v) is 10.4. The van der Waals surface area contributed by atoms with Crippen molar-refractivity contribution in [1.82, 2.24) is 4.90 Å². The fraction of sp³-hybridized carbons (Fsp3) is 0.500. The van der Waals surface area contributed by atoms with Gasteiger partial charge in [-0.25, -0.2) is 4.79 Å². The summed E-state index contributed by atoms with van der Waals surface area (Å²) in [5.41, 5.74) is 1.26. The summed E-state index contributed by atoms with van der Waals surface area (Å²) < 4.78 is 0. The fourth-order valence-electron chi connectivity index (χ4n) is 2.43. The van der Waals surface area contributed by atoms with E-state index in [-0.39, 0.29) is 6.61 Å². The van der Waals surface area contributed by atoms with Crippen LogP contribution in [0.5, 0.6) is 0 Å². The zero-order chi connectivity index (χ0) is 13.0. The standard InChI is InChI=1S/C14H19NO3/c16-10-11-5-7-15(8-6-11)9-12-3-1-2-4-13(12)14(17)18/h1-4,11,16H,5-10H2,(H,17,18).